The number of benzene rings is 1. The predicted octanol–water partition coefficient (Wildman–Crippen LogP) is 3.57. The highest BCUT2D eigenvalue weighted by Crippen LogP contribution is 2.37. The summed E-state index contributed by atoms with van der Waals surface area (Å²) < 4.78 is 40.7. The molecule has 1 aromatic carbocycles. The fourth-order valence-corrected chi connectivity index (χ4v) is 5.00. The maximum Gasteiger partial charge on any atom is 0.283 e. The van der Waals surface area contributed by atoms with E-state index in [9.17, 15) is 17.6 Å². The van der Waals surface area contributed by atoms with Crippen molar-refractivity contribution in [1.82, 2.24) is 24.4 Å². The van der Waals surface area contributed by atoms with Crippen LogP contribution in [0, 0.1) is 5.82 Å². The first-order valence-electron chi connectivity index (χ1n) is 11.5. The summed E-state index contributed by atoms with van der Waals surface area (Å²) in [4.78, 5) is 19.8. The number of carbonyl (C=O) groups is 1. The van der Waals surface area contributed by atoms with Gasteiger partial charge in [-0.25, -0.2) is 27.2 Å². The summed E-state index contributed by atoms with van der Waals surface area (Å²) in [5.41, 5.74) is 2.89. The van der Waals surface area contributed by atoms with Gasteiger partial charge in [0.1, 0.15) is 11.5 Å². The van der Waals surface area contributed by atoms with E-state index in [4.69, 9.17) is 5.10 Å². The maximum atomic E-state index is 13.6. The van der Waals surface area contributed by atoms with Crippen LogP contribution in [0.4, 0.5) is 4.39 Å². The van der Waals surface area contributed by atoms with Crippen molar-refractivity contribution in [2.24, 2.45) is 0 Å². The maximum absolute atomic E-state index is 13.6. The van der Waals surface area contributed by atoms with Crippen LogP contribution in [0.1, 0.15) is 67.2 Å². The van der Waals surface area contributed by atoms with E-state index in [-0.39, 0.29) is 23.3 Å². The molecule has 1 amide bonds. The summed E-state index contributed by atoms with van der Waals surface area (Å²) in [5.74, 6) is -0.888. The van der Waals surface area contributed by atoms with Gasteiger partial charge in [-0.1, -0.05) is 20.8 Å². The number of amides is 1. The van der Waals surface area contributed by atoms with Gasteiger partial charge in [0.2, 0.25) is 10.0 Å². The lowest BCUT2D eigenvalue weighted by Gasteiger charge is -2.31. The van der Waals surface area contributed by atoms with Crippen LogP contribution in [0.3, 0.4) is 0 Å². The lowest BCUT2D eigenvalue weighted by molar-refractivity contribution is 0.0977. The number of halogens is 1. The molecule has 3 aromatic rings. The first-order valence-corrected chi connectivity index (χ1v) is 13.4. The molecule has 0 unspecified atom stereocenters. The van der Waals surface area contributed by atoms with Crippen molar-refractivity contribution in [1.29, 1.82) is 0 Å². The molecule has 8 nitrogen and oxygen atoms in total. The molecule has 34 heavy (non-hydrogen) atoms. The number of pyridine rings is 1. The summed E-state index contributed by atoms with van der Waals surface area (Å²) in [7, 11) is -3.76. The van der Waals surface area contributed by atoms with Crippen LogP contribution in [-0.2, 0) is 10.0 Å². The fraction of sp³-hybridized carbons (Fsp3) is 0.458. The summed E-state index contributed by atoms with van der Waals surface area (Å²) in [6.07, 6.45) is 2.77. The van der Waals surface area contributed by atoms with Crippen LogP contribution in [-0.4, -0.2) is 59.9 Å². The Labute approximate surface area is 199 Å². The zero-order valence-corrected chi connectivity index (χ0v) is 20.7. The molecular weight excluding hydrogens is 457 g/mol. The SMILES string of the molecule is CCN1CCC(c2cc(C(=O)NS(C)(=O)=O)nc3c2c(C(C)C)nn3-c2ccc(F)cc2)CC1. The molecule has 4 rings (SSSR count). The number of carbonyl (C=O) groups excluding carboxylic acids is 1. The van der Waals surface area contributed by atoms with Gasteiger partial charge in [-0.15, -0.1) is 0 Å². The van der Waals surface area contributed by atoms with Gasteiger partial charge in [0.05, 0.1) is 17.6 Å². The van der Waals surface area contributed by atoms with E-state index in [0.717, 1.165) is 55.4 Å². The molecule has 10 heteroatoms. The zero-order valence-electron chi connectivity index (χ0n) is 19.9. The number of hydrogen-bond donors (Lipinski definition) is 1. The van der Waals surface area contributed by atoms with E-state index in [1.165, 1.54) is 12.1 Å². The Morgan fingerprint density at radius 3 is 2.41 bits per heavy atom. The molecule has 3 heterocycles. The van der Waals surface area contributed by atoms with E-state index < -0.39 is 15.9 Å². The van der Waals surface area contributed by atoms with Gasteiger partial charge in [-0.05, 0) is 80.2 Å². The molecule has 0 aliphatic carbocycles. The Kier molecular flexibility index (Phi) is 6.73. The molecule has 0 bridgehead atoms. The molecule has 0 radical (unpaired) electrons. The monoisotopic (exact) mass is 487 g/mol. The number of sulfonamides is 1. The van der Waals surface area contributed by atoms with Crippen LogP contribution >= 0.6 is 0 Å². The molecule has 1 aliphatic heterocycles. The largest absolute Gasteiger partial charge is 0.304 e. The first-order chi connectivity index (χ1) is 16.1. The minimum Gasteiger partial charge on any atom is -0.304 e. The third-order valence-electron chi connectivity index (χ3n) is 6.30. The van der Waals surface area contributed by atoms with Crippen LogP contribution in [0.15, 0.2) is 30.3 Å². The molecule has 1 aliphatic rings. The van der Waals surface area contributed by atoms with Crippen LogP contribution in [0.25, 0.3) is 16.7 Å². The summed E-state index contributed by atoms with van der Waals surface area (Å²) in [6, 6.07) is 7.63. The Balaban J connectivity index is 1.95. The molecule has 182 valence electrons. The van der Waals surface area contributed by atoms with Gasteiger partial charge in [0.15, 0.2) is 5.65 Å². The van der Waals surface area contributed by atoms with E-state index >= 15 is 0 Å². The smallest absolute Gasteiger partial charge is 0.283 e. The van der Waals surface area contributed by atoms with Crippen LogP contribution in [0.2, 0.25) is 0 Å². The van der Waals surface area contributed by atoms with E-state index in [1.807, 2.05) is 18.6 Å². The minimum atomic E-state index is -3.76. The second-order valence-corrected chi connectivity index (χ2v) is 10.9. The molecule has 1 N–H and O–H groups in total. The van der Waals surface area contributed by atoms with E-state index in [2.05, 4.69) is 16.8 Å². The minimum absolute atomic E-state index is 0.0180. The predicted molar refractivity (Wildman–Crippen MR) is 129 cm³/mol. The summed E-state index contributed by atoms with van der Waals surface area (Å²) in [6.45, 7) is 9.11. The molecule has 1 fully saturated rings. The van der Waals surface area contributed by atoms with Crippen molar-refractivity contribution < 1.29 is 17.6 Å². The Morgan fingerprint density at radius 1 is 1.21 bits per heavy atom. The summed E-state index contributed by atoms with van der Waals surface area (Å²) >= 11 is 0. The zero-order chi connectivity index (χ0) is 24.6. The van der Waals surface area contributed by atoms with Gasteiger partial charge in [0.25, 0.3) is 5.91 Å². The Morgan fingerprint density at radius 2 is 1.85 bits per heavy atom. The lowest BCUT2D eigenvalue weighted by atomic mass is 9.86. The molecule has 1 saturated heterocycles. The van der Waals surface area contributed by atoms with Gasteiger partial charge in [-0.3, -0.25) is 4.79 Å². The highest BCUT2D eigenvalue weighted by atomic mass is 32.2. The topological polar surface area (TPSA) is 97.2 Å². The number of aromatic nitrogens is 3. The van der Waals surface area contributed by atoms with Crippen molar-refractivity contribution >= 4 is 27.0 Å². The van der Waals surface area contributed by atoms with Crippen molar-refractivity contribution in [3.8, 4) is 5.69 Å². The van der Waals surface area contributed by atoms with Crippen molar-refractivity contribution in [2.45, 2.75) is 45.4 Å². The van der Waals surface area contributed by atoms with E-state index in [0.29, 0.717) is 11.3 Å². The number of likely N-dealkylation sites (tertiary alicyclic amines) is 1. The van der Waals surface area contributed by atoms with Crippen LogP contribution < -0.4 is 4.72 Å². The highest BCUT2D eigenvalue weighted by molar-refractivity contribution is 7.89. The number of nitrogens with zero attached hydrogens (tertiary/aromatic N) is 4. The van der Waals surface area contributed by atoms with Crippen molar-refractivity contribution in [3.63, 3.8) is 0 Å². The Bertz CT molecular complexity index is 1310. The van der Waals surface area contributed by atoms with Gasteiger partial charge in [-0.2, -0.15) is 5.10 Å². The second-order valence-electron chi connectivity index (χ2n) is 9.14. The van der Waals surface area contributed by atoms with Gasteiger partial charge >= 0.3 is 0 Å². The first kappa shape index (κ1) is 24.3. The number of fused-ring (bicyclic) bond motifs is 1. The molecular formula is C24H30FN5O3S. The molecule has 0 saturated carbocycles. The number of rotatable bonds is 6. The fourth-order valence-electron chi connectivity index (χ4n) is 4.56. The molecule has 0 atom stereocenters. The van der Waals surface area contributed by atoms with Gasteiger partial charge in [0, 0.05) is 5.39 Å². The second kappa shape index (κ2) is 9.42. The average molecular weight is 488 g/mol. The number of hydrogen-bond acceptors (Lipinski definition) is 6. The number of nitrogens with one attached hydrogen (secondary N) is 1. The quantitative estimate of drug-likeness (QED) is 0.571. The summed E-state index contributed by atoms with van der Waals surface area (Å²) in [5, 5.41) is 5.70. The third-order valence-corrected chi connectivity index (χ3v) is 6.85. The standard InChI is InChI=1S/C24H30FN5O3S/c1-5-29-12-10-16(11-13-29)19-14-20(24(31)28-34(4,32)33)26-23-21(19)22(15(2)3)27-30(23)18-8-6-17(25)7-9-18/h6-9,14-16H,5,10-13H2,1-4H3,(H,28,31). The third kappa shape index (κ3) is 4.97. The Hall–Kier alpha value is -2.85. The van der Waals surface area contributed by atoms with Crippen LogP contribution in [0.5, 0.6) is 0 Å². The van der Waals surface area contributed by atoms with Gasteiger partial charge < -0.3 is 4.90 Å². The molecule has 2 aromatic heterocycles. The average Bonchev–Trinajstić information content (AvgIpc) is 3.18. The van der Waals surface area contributed by atoms with Crippen molar-refractivity contribution in [2.75, 3.05) is 25.9 Å². The highest BCUT2D eigenvalue weighted by Gasteiger charge is 2.28. The molecule has 0 spiro atoms. The van der Waals surface area contributed by atoms with Crippen molar-refractivity contribution in [3.05, 3.63) is 53.1 Å². The van der Waals surface area contributed by atoms with E-state index in [1.54, 1.807) is 22.9 Å². The lowest BCUT2D eigenvalue weighted by Crippen LogP contribution is -2.33. The normalized spacial score (nSPS) is 15.8. The number of piperidine rings is 1.